The lowest BCUT2D eigenvalue weighted by Crippen LogP contribution is -2.63. The molecule has 0 radical (unpaired) electrons. The second-order valence-corrected chi connectivity index (χ2v) is 11.3. The number of esters is 1. The summed E-state index contributed by atoms with van der Waals surface area (Å²) in [4.78, 5) is 39.9. The van der Waals surface area contributed by atoms with Gasteiger partial charge in [-0.15, -0.1) is 0 Å². The number of allylic oxidation sites excluding steroid dienone is 1. The van der Waals surface area contributed by atoms with Crippen molar-refractivity contribution in [2.45, 2.75) is 82.5 Å². The molecule has 10 atom stereocenters. The Labute approximate surface area is 205 Å². The third kappa shape index (κ3) is 3.34. The molecule has 3 saturated heterocycles. The lowest BCUT2D eigenvalue weighted by molar-refractivity contribution is -0.186. The number of rotatable bonds is 2. The lowest BCUT2D eigenvalue weighted by atomic mass is 9.58. The van der Waals surface area contributed by atoms with Crippen LogP contribution >= 0.6 is 0 Å². The summed E-state index contributed by atoms with van der Waals surface area (Å²) in [6.07, 6.45) is 2.13. The van der Waals surface area contributed by atoms with Crippen LogP contribution < -0.4 is 5.32 Å². The van der Waals surface area contributed by atoms with Crippen molar-refractivity contribution in [1.82, 2.24) is 5.32 Å². The van der Waals surface area contributed by atoms with Gasteiger partial charge in [-0.1, -0.05) is 50.3 Å². The number of benzene rings is 1. The maximum absolute atomic E-state index is 13.9. The van der Waals surface area contributed by atoms with Crippen LogP contribution in [-0.2, 0) is 35.0 Å². The fraction of sp³-hybridized carbons (Fsp3) is 0.607. The zero-order valence-corrected chi connectivity index (χ0v) is 20.7. The third-order valence-electron chi connectivity index (χ3n) is 9.31. The summed E-state index contributed by atoms with van der Waals surface area (Å²) in [5, 5.41) is 3.22. The van der Waals surface area contributed by atoms with Crippen LogP contribution in [0.15, 0.2) is 42.0 Å². The van der Waals surface area contributed by atoms with E-state index in [2.05, 4.69) is 31.3 Å². The molecule has 0 unspecified atom stereocenters. The number of fused-ring (bicyclic) bond motifs is 4. The van der Waals surface area contributed by atoms with Crippen molar-refractivity contribution in [3.8, 4) is 0 Å². The van der Waals surface area contributed by atoms with Gasteiger partial charge in [-0.3, -0.25) is 14.4 Å². The van der Waals surface area contributed by atoms with Crippen LogP contribution in [0.1, 0.15) is 46.1 Å². The number of nitrogens with one attached hydrogen (secondary N) is 1. The lowest BCUT2D eigenvalue weighted by Gasteiger charge is -2.46. The van der Waals surface area contributed by atoms with Crippen LogP contribution in [0, 0.1) is 23.7 Å². The minimum absolute atomic E-state index is 0.00732. The second-order valence-electron chi connectivity index (χ2n) is 11.3. The summed E-state index contributed by atoms with van der Waals surface area (Å²) in [7, 11) is 0. The van der Waals surface area contributed by atoms with Crippen molar-refractivity contribution >= 4 is 17.7 Å². The Hall–Kier alpha value is -2.51. The van der Waals surface area contributed by atoms with Gasteiger partial charge in [0.2, 0.25) is 5.60 Å². The van der Waals surface area contributed by atoms with Gasteiger partial charge in [0.05, 0.1) is 36.3 Å². The quantitative estimate of drug-likeness (QED) is 0.518. The maximum atomic E-state index is 13.9. The predicted molar refractivity (Wildman–Crippen MR) is 126 cm³/mol. The van der Waals surface area contributed by atoms with Gasteiger partial charge >= 0.3 is 5.97 Å². The zero-order chi connectivity index (χ0) is 24.7. The molecule has 4 fully saturated rings. The summed E-state index contributed by atoms with van der Waals surface area (Å²) < 4.78 is 18.7. The molecule has 0 bridgehead atoms. The third-order valence-corrected chi connectivity index (χ3v) is 9.31. The first-order chi connectivity index (χ1) is 16.7. The molecule has 7 heteroatoms. The molecule has 1 saturated carbocycles. The number of hydrogen-bond acceptors (Lipinski definition) is 6. The molecule has 186 valence electrons. The SMILES string of the molecule is CC1=CCC(=O)O[C@@]23C(=O)N[C@@H](Cc4ccccc4)[C@@H]2[C@H](C)[C@@]2(C)O[C@H]2[C@@H]3[C@H]2O[C@@H]2C[C@H](C)C1=O. The minimum atomic E-state index is -1.36. The largest absolute Gasteiger partial charge is 0.448 e. The Morgan fingerprint density at radius 2 is 1.83 bits per heavy atom. The highest BCUT2D eigenvalue weighted by molar-refractivity contribution is 5.97. The molecule has 4 aliphatic heterocycles. The van der Waals surface area contributed by atoms with Crippen LogP contribution in [0.25, 0.3) is 0 Å². The fourth-order valence-corrected chi connectivity index (χ4v) is 7.25. The highest BCUT2D eigenvalue weighted by atomic mass is 16.6. The molecule has 6 rings (SSSR count). The molecule has 1 spiro atoms. The topological polar surface area (TPSA) is 97.5 Å². The van der Waals surface area contributed by atoms with Crippen LogP contribution in [0.3, 0.4) is 0 Å². The van der Waals surface area contributed by atoms with Crippen LogP contribution in [0.4, 0.5) is 0 Å². The number of amides is 1. The summed E-state index contributed by atoms with van der Waals surface area (Å²) in [5.74, 6) is -1.62. The molecule has 0 aromatic heterocycles. The first-order valence-electron chi connectivity index (χ1n) is 12.8. The van der Waals surface area contributed by atoms with Crippen LogP contribution in [0.2, 0.25) is 0 Å². The van der Waals surface area contributed by atoms with Crippen molar-refractivity contribution in [2.75, 3.05) is 0 Å². The predicted octanol–water partition coefficient (Wildman–Crippen LogP) is 2.76. The van der Waals surface area contributed by atoms with Crippen LogP contribution in [0.5, 0.6) is 0 Å². The van der Waals surface area contributed by atoms with E-state index in [0.717, 1.165) is 5.56 Å². The highest BCUT2D eigenvalue weighted by Crippen LogP contribution is 2.66. The van der Waals surface area contributed by atoms with Crippen molar-refractivity contribution in [2.24, 2.45) is 23.7 Å². The number of carbonyl (C=O) groups is 3. The molecule has 1 aliphatic carbocycles. The monoisotopic (exact) mass is 479 g/mol. The Kier molecular flexibility index (Phi) is 5.07. The smallest absolute Gasteiger partial charge is 0.310 e. The van der Waals surface area contributed by atoms with Crippen molar-refractivity contribution < 1.29 is 28.6 Å². The summed E-state index contributed by atoms with van der Waals surface area (Å²) in [5.41, 5.74) is -0.0957. The molecule has 1 N–H and O–H groups in total. The zero-order valence-electron chi connectivity index (χ0n) is 20.7. The molecular weight excluding hydrogens is 446 g/mol. The number of Topliss-reactive ketones (excluding diaryl/α,β-unsaturated/α-hetero) is 1. The number of hydrogen-bond donors (Lipinski definition) is 1. The van der Waals surface area contributed by atoms with Crippen molar-refractivity contribution in [3.05, 3.63) is 47.5 Å². The number of ether oxygens (including phenoxy) is 3. The van der Waals surface area contributed by atoms with E-state index >= 15 is 0 Å². The molecular formula is C28H33NO6. The number of ketones is 1. The van der Waals surface area contributed by atoms with E-state index in [0.29, 0.717) is 18.4 Å². The second kappa shape index (κ2) is 7.74. The van der Waals surface area contributed by atoms with E-state index < -0.39 is 23.1 Å². The van der Waals surface area contributed by atoms with Crippen molar-refractivity contribution in [1.29, 1.82) is 0 Å². The van der Waals surface area contributed by atoms with Gasteiger partial charge in [-0.25, -0.2) is 0 Å². The first kappa shape index (κ1) is 22.9. The Bertz CT molecular complexity index is 1120. The minimum Gasteiger partial charge on any atom is -0.448 e. The fourth-order valence-electron chi connectivity index (χ4n) is 7.25. The summed E-state index contributed by atoms with van der Waals surface area (Å²) in [6.45, 7) is 7.85. The molecule has 1 aromatic rings. The molecule has 1 amide bonds. The van der Waals surface area contributed by atoms with Gasteiger partial charge in [0.15, 0.2) is 5.78 Å². The van der Waals surface area contributed by atoms with Gasteiger partial charge < -0.3 is 19.5 Å². The Morgan fingerprint density at radius 3 is 2.57 bits per heavy atom. The standard InChI is InChI=1S/C28H33NO6/c1-14-10-11-20(30)34-28-21(18(29-26(28)32)13-17-8-6-5-7-9-17)16(3)27(4)25(35-27)22(28)24-19(33-24)12-15(2)23(14)31/h5-10,15-16,18-19,21-22,24-25H,11-13H2,1-4H3,(H,29,32)/t15-,16-,18-,19+,21-,22-,24-,25-,27+,28-/m0/s1. The van der Waals surface area contributed by atoms with Gasteiger partial charge in [0, 0.05) is 17.9 Å². The highest BCUT2D eigenvalue weighted by Gasteiger charge is 2.82. The Balaban J connectivity index is 1.43. The van der Waals surface area contributed by atoms with E-state index in [9.17, 15) is 14.4 Å². The van der Waals surface area contributed by atoms with E-state index in [-0.39, 0.29) is 60.2 Å². The molecule has 35 heavy (non-hydrogen) atoms. The average molecular weight is 480 g/mol. The van der Waals surface area contributed by atoms with E-state index in [1.54, 1.807) is 13.0 Å². The van der Waals surface area contributed by atoms with E-state index in [1.165, 1.54) is 0 Å². The average Bonchev–Trinajstić information content (AvgIpc) is 3.71. The van der Waals surface area contributed by atoms with Crippen molar-refractivity contribution in [3.63, 3.8) is 0 Å². The summed E-state index contributed by atoms with van der Waals surface area (Å²) >= 11 is 0. The van der Waals surface area contributed by atoms with Gasteiger partial charge in [-0.05, 0) is 43.7 Å². The van der Waals surface area contributed by atoms with E-state index in [1.807, 2.05) is 25.1 Å². The molecule has 7 nitrogen and oxygen atoms in total. The van der Waals surface area contributed by atoms with Gasteiger partial charge in [0.1, 0.15) is 0 Å². The Morgan fingerprint density at radius 1 is 1.09 bits per heavy atom. The number of epoxide rings is 2. The summed E-state index contributed by atoms with van der Waals surface area (Å²) in [6, 6.07) is 9.87. The van der Waals surface area contributed by atoms with Crippen LogP contribution in [-0.4, -0.2) is 53.2 Å². The number of carbonyl (C=O) groups excluding carboxylic acids is 3. The first-order valence-corrected chi connectivity index (χ1v) is 12.8. The molecule has 4 heterocycles. The maximum Gasteiger partial charge on any atom is 0.310 e. The molecule has 5 aliphatic rings. The van der Waals surface area contributed by atoms with E-state index in [4.69, 9.17) is 14.2 Å². The molecule has 1 aromatic carbocycles. The normalized spacial score (nSPS) is 46.4. The van der Waals surface area contributed by atoms with Gasteiger partial charge in [-0.2, -0.15) is 0 Å². The van der Waals surface area contributed by atoms with Gasteiger partial charge in [0.25, 0.3) is 5.91 Å².